The zero-order valence-electron chi connectivity index (χ0n) is 13.0. The predicted molar refractivity (Wildman–Crippen MR) is 85.9 cm³/mol. The van der Waals surface area contributed by atoms with Gasteiger partial charge in [-0.3, -0.25) is 4.79 Å². The van der Waals surface area contributed by atoms with Gasteiger partial charge in [0, 0.05) is 16.9 Å². The number of fused-ring (bicyclic) bond motifs is 1. The Morgan fingerprint density at radius 3 is 2.86 bits per heavy atom. The summed E-state index contributed by atoms with van der Waals surface area (Å²) >= 11 is 0. The number of ether oxygens (including phenoxy) is 1. The predicted octanol–water partition coefficient (Wildman–Crippen LogP) is 3.88. The van der Waals surface area contributed by atoms with Crippen molar-refractivity contribution in [2.75, 3.05) is 7.11 Å². The normalized spacial score (nSPS) is 12.3. The first-order valence-electron chi connectivity index (χ1n) is 7.61. The minimum atomic E-state index is -0.0471. The zero-order valence-corrected chi connectivity index (χ0v) is 13.0. The number of amides is 1. The third-order valence-electron chi connectivity index (χ3n) is 3.69. The minimum absolute atomic E-state index is 0.0471. The van der Waals surface area contributed by atoms with Crippen LogP contribution in [0.2, 0.25) is 0 Å². The maximum absolute atomic E-state index is 12.2. The molecule has 0 bridgehead atoms. The van der Waals surface area contributed by atoms with E-state index in [0.717, 1.165) is 29.5 Å². The molecule has 2 rings (SSSR count). The monoisotopic (exact) mass is 288 g/mol. The summed E-state index contributed by atoms with van der Waals surface area (Å²) in [5, 5.41) is 4.03. The van der Waals surface area contributed by atoms with Crippen molar-refractivity contribution >= 4 is 16.8 Å². The highest BCUT2D eigenvalue weighted by atomic mass is 16.5. The fraction of sp³-hybridized carbons (Fsp3) is 0.471. The van der Waals surface area contributed by atoms with E-state index in [1.165, 1.54) is 12.8 Å². The van der Waals surface area contributed by atoms with Gasteiger partial charge in [-0.15, -0.1) is 0 Å². The lowest BCUT2D eigenvalue weighted by Gasteiger charge is -2.12. The second-order valence-electron chi connectivity index (χ2n) is 5.51. The van der Waals surface area contributed by atoms with E-state index in [4.69, 9.17) is 4.74 Å². The van der Waals surface area contributed by atoms with Crippen LogP contribution in [0.25, 0.3) is 10.9 Å². The van der Waals surface area contributed by atoms with Crippen molar-refractivity contribution in [1.29, 1.82) is 0 Å². The average Bonchev–Trinajstić information content (AvgIpc) is 2.90. The molecule has 0 fully saturated rings. The molecule has 0 saturated heterocycles. The van der Waals surface area contributed by atoms with Gasteiger partial charge in [0.2, 0.25) is 0 Å². The quantitative estimate of drug-likeness (QED) is 0.760. The molecule has 1 amide bonds. The summed E-state index contributed by atoms with van der Waals surface area (Å²) < 4.78 is 5.20. The Bertz CT molecular complexity index is 604. The van der Waals surface area contributed by atoms with Gasteiger partial charge in [-0.1, -0.05) is 26.2 Å². The Morgan fingerprint density at radius 1 is 1.33 bits per heavy atom. The Balaban J connectivity index is 2.02. The van der Waals surface area contributed by atoms with Gasteiger partial charge in [0.25, 0.3) is 5.91 Å². The molecule has 2 aromatic rings. The van der Waals surface area contributed by atoms with E-state index in [2.05, 4.69) is 24.1 Å². The van der Waals surface area contributed by atoms with Crippen molar-refractivity contribution < 1.29 is 9.53 Å². The lowest BCUT2D eigenvalue weighted by molar-refractivity contribution is 0.0933. The molecule has 0 spiro atoms. The molecule has 0 aliphatic heterocycles. The summed E-state index contributed by atoms with van der Waals surface area (Å²) in [6, 6.07) is 7.80. The lowest BCUT2D eigenvalue weighted by atomic mass is 10.1. The number of methoxy groups -OCH3 is 1. The fourth-order valence-electron chi connectivity index (χ4n) is 2.43. The van der Waals surface area contributed by atoms with Crippen LogP contribution in [0.4, 0.5) is 0 Å². The molecule has 1 heterocycles. The van der Waals surface area contributed by atoms with Gasteiger partial charge >= 0.3 is 0 Å². The Hall–Kier alpha value is -1.97. The number of hydrogen-bond donors (Lipinski definition) is 2. The van der Waals surface area contributed by atoms with Crippen molar-refractivity contribution in [1.82, 2.24) is 10.3 Å². The summed E-state index contributed by atoms with van der Waals surface area (Å²) in [6.45, 7) is 4.24. The van der Waals surface area contributed by atoms with Crippen LogP contribution in [0.5, 0.6) is 5.75 Å². The SMILES string of the molecule is CCCCCC(C)NC(=O)c1cc2cc(OC)ccc2[nH]1. The van der Waals surface area contributed by atoms with Crippen molar-refractivity contribution in [3.63, 3.8) is 0 Å². The third kappa shape index (κ3) is 4.00. The molecule has 4 heteroatoms. The molecule has 0 saturated carbocycles. The number of carbonyl (C=O) groups is 1. The topological polar surface area (TPSA) is 54.1 Å². The van der Waals surface area contributed by atoms with E-state index in [0.29, 0.717) is 5.69 Å². The highest BCUT2D eigenvalue weighted by Gasteiger charge is 2.12. The summed E-state index contributed by atoms with van der Waals surface area (Å²) in [6.07, 6.45) is 4.59. The number of aromatic amines is 1. The number of benzene rings is 1. The smallest absolute Gasteiger partial charge is 0.267 e. The third-order valence-corrected chi connectivity index (χ3v) is 3.69. The molecule has 1 aromatic carbocycles. The van der Waals surface area contributed by atoms with Gasteiger partial charge in [0.15, 0.2) is 0 Å². The summed E-state index contributed by atoms with van der Waals surface area (Å²) in [7, 11) is 1.64. The summed E-state index contributed by atoms with van der Waals surface area (Å²) in [4.78, 5) is 15.4. The van der Waals surface area contributed by atoms with Crippen molar-refractivity contribution in [3.8, 4) is 5.75 Å². The zero-order chi connectivity index (χ0) is 15.2. The molecule has 1 aromatic heterocycles. The van der Waals surface area contributed by atoms with Crippen LogP contribution in [0.1, 0.15) is 50.0 Å². The number of hydrogen-bond acceptors (Lipinski definition) is 2. The molecule has 0 radical (unpaired) electrons. The number of aromatic nitrogens is 1. The van der Waals surface area contributed by atoms with Gasteiger partial charge in [-0.05, 0) is 37.6 Å². The van der Waals surface area contributed by atoms with Crippen LogP contribution in [0.15, 0.2) is 24.3 Å². The first kappa shape index (κ1) is 15.4. The van der Waals surface area contributed by atoms with Crippen molar-refractivity contribution in [2.24, 2.45) is 0 Å². The van der Waals surface area contributed by atoms with Crippen LogP contribution in [0.3, 0.4) is 0 Å². The largest absolute Gasteiger partial charge is 0.497 e. The number of rotatable bonds is 7. The number of unbranched alkanes of at least 4 members (excludes halogenated alkanes) is 2. The standard InChI is InChI=1S/C17H24N2O2/c1-4-5-6-7-12(2)18-17(20)16-11-13-10-14(21-3)8-9-15(13)19-16/h8-12,19H,4-7H2,1-3H3,(H,18,20). The van der Waals surface area contributed by atoms with E-state index in [1.807, 2.05) is 24.3 Å². The van der Waals surface area contributed by atoms with E-state index in [1.54, 1.807) is 7.11 Å². The fourth-order valence-corrected chi connectivity index (χ4v) is 2.43. The van der Waals surface area contributed by atoms with E-state index in [-0.39, 0.29) is 11.9 Å². The first-order valence-corrected chi connectivity index (χ1v) is 7.61. The van der Waals surface area contributed by atoms with Crippen LogP contribution < -0.4 is 10.1 Å². The molecular weight excluding hydrogens is 264 g/mol. The Kier molecular flexibility index (Phi) is 5.26. The second kappa shape index (κ2) is 7.16. The highest BCUT2D eigenvalue weighted by molar-refractivity contribution is 5.98. The molecule has 114 valence electrons. The summed E-state index contributed by atoms with van der Waals surface area (Å²) in [5.74, 6) is 0.746. The van der Waals surface area contributed by atoms with Crippen LogP contribution >= 0.6 is 0 Å². The van der Waals surface area contributed by atoms with Gasteiger partial charge in [-0.2, -0.15) is 0 Å². The van der Waals surface area contributed by atoms with Gasteiger partial charge in [-0.25, -0.2) is 0 Å². The van der Waals surface area contributed by atoms with E-state index < -0.39 is 0 Å². The molecule has 2 N–H and O–H groups in total. The maximum atomic E-state index is 12.2. The van der Waals surface area contributed by atoms with Crippen LogP contribution in [-0.2, 0) is 0 Å². The van der Waals surface area contributed by atoms with Crippen LogP contribution in [0, 0.1) is 0 Å². The van der Waals surface area contributed by atoms with E-state index in [9.17, 15) is 4.79 Å². The minimum Gasteiger partial charge on any atom is -0.497 e. The lowest BCUT2D eigenvalue weighted by Crippen LogP contribution is -2.32. The number of carbonyl (C=O) groups excluding carboxylic acids is 1. The molecule has 1 unspecified atom stereocenters. The Morgan fingerprint density at radius 2 is 2.14 bits per heavy atom. The second-order valence-corrected chi connectivity index (χ2v) is 5.51. The highest BCUT2D eigenvalue weighted by Crippen LogP contribution is 2.21. The molecule has 1 atom stereocenters. The molecule has 4 nitrogen and oxygen atoms in total. The average molecular weight is 288 g/mol. The van der Waals surface area contributed by atoms with E-state index >= 15 is 0 Å². The molecule has 0 aliphatic rings. The molecule has 21 heavy (non-hydrogen) atoms. The van der Waals surface area contributed by atoms with Gasteiger partial charge in [0.05, 0.1) is 7.11 Å². The molecule has 0 aliphatic carbocycles. The van der Waals surface area contributed by atoms with Gasteiger partial charge < -0.3 is 15.0 Å². The van der Waals surface area contributed by atoms with Crippen LogP contribution in [-0.4, -0.2) is 24.0 Å². The maximum Gasteiger partial charge on any atom is 0.267 e. The van der Waals surface area contributed by atoms with Gasteiger partial charge in [0.1, 0.15) is 11.4 Å². The number of H-pyrrole nitrogens is 1. The first-order chi connectivity index (χ1) is 10.1. The van der Waals surface area contributed by atoms with Crippen molar-refractivity contribution in [2.45, 2.75) is 45.6 Å². The summed E-state index contributed by atoms with van der Waals surface area (Å²) in [5.41, 5.74) is 1.54. The Labute approximate surface area is 125 Å². The number of nitrogens with one attached hydrogen (secondary N) is 2. The molecular formula is C17H24N2O2. The van der Waals surface area contributed by atoms with Crippen molar-refractivity contribution in [3.05, 3.63) is 30.0 Å².